The number of aromatic nitrogens is 2. The van der Waals surface area contributed by atoms with Crippen molar-refractivity contribution in [2.24, 2.45) is 0 Å². The zero-order valence-corrected chi connectivity index (χ0v) is 18.1. The highest BCUT2D eigenvalue weighted by atomic mass is 19.4. The fourth-order valence-corrected chi connectivity index (χ4v) is 3.66. The summed E-state index contributed by atoms with van der Waals surface area (Å²) >= 11 is 0. The first kappa shape index (κ1) is 22.8. The molecule has 1 atom stereocenters. The van der Waals surface area contributed by atoms with Gasteiger partial charge in [0.25, 0.3) is 0 Å². The number of halogens is 3. The molecule has 2 heterocycles. The van der Waals surface area contributed by atoms with Gasteiger partial charge in [0.1, 0.15) is 5.75 Å². The van der Waals surface area contributed by atoms with Crippen LogP contribution in [-0.4, -0.2) is 34.1 Å². The molecule has 4 rings (SSSR count). The van der Waals surface area contributed by atoms with E-state index in [1.54, 1.807) is 4.90 Å². The minimum absolute atomic E-state index is 0.103. The van der Waals surface area contributed by atoms with E-state index in [9.17, 15) is 18.0 Å². The largest absolute Gasteiger partial charge is 0.494 e. The fraction of sp³-hybridized carbons (Fsp3) is 0.375. The highest BCUT2D eigenvalue weighted by Gasteiger charge is 2.35. The number of carbonyl (C=O) groups excluding carboxylic acids is 1. The molecule has 174 valence electrons. The van der Waals surface area contributed by atoms with Gasteiger partial charge in [0, 0.05) is 25.1 Å². The molecule has 1 amide bonds. The molecule has 33 heavy (non-hydrogen) atoms. The molecule has 0 spiro atoms. The standard InChI is InChI=1S/C24H24F3N3O3/c1-2-3-12-32-20-10-6-17(7-11-20)22-28-23(33-29-22)18-13-21(31)30(15-18)14-16-4-8-19(9-5-16)24(25,26)27/h4-11,18H,2-3,12-15H2,1H3. The van der Waals surface area contributed by atoms with Crippen LogP contribution in [-0.2, 0) is 17.5 Å². The lowest BCUT2D eigenvalue weighted by Crippen LogP contribution is -2.24. The van der Waals surface area contributed by atoms with Crippen LogP contribution in [0.4, 0.5) is 13.2 Å². The van der Waals surface area contributed by atoms with Crippen LogP contribution in [0.3, 0.4) is 0 Å². The summed E-state index contributed by atoms with van der Waals surface area (Å²) in [4.78, 5) is 18.5. The smallest absolute Gasteiger partial charge is 0.416 e. The van der Waals surface area contributed by atoms with Crippen LogP contribution in [0.1, 0.15) is 49.1 Å². The van der Waals surface area contributed by atoms with Gasteiger partial charge in [-0.25, -0.2) is 0 Å². The molecule has 1 aliphatic heterocycles. The Hall–Kier alpha value is -3.36. The molecule has 1 aliphatic rings. The minimum atomic E-state index is -4.38. The summed E-state index contributed by atoms with van der Waals surface area (Å²) < 4.78 is 49.3. The van der Waals surface area contributed by atoms with Gasteiger partial charge < -0.3 is 14.2 Å². The first-order valence-corrected chi connectivity index (χ1v) is 10.8. The molecular formula is C24H24F3N3O3. The Bertz CT molecular complexity index is 1080. The van der Waals surface area contributed by atoms with Crippen molar-refractivity contribution in [3.63, 3.8) is 0 Å². The minimum Gasteiger partial charge on any atom is -0.494 e. The number of carbonyl (C=O) groups is 1. The lowest BCUT2D eigenvalue weighted by atomic mass is 10.1. The normalized spacial score (nSPS) is 16.4. The third kappa shape index (κ3) is 5.53. The lowest BCUT2D eigenvalue weighted by Gasteiger charge is -2.16. The molecule has 9 heteroatoms. The summed E-state index contributed by atoms with van der Waals surface area (Å²) in [5, 5.41) is 4.04. The quantitative estimate of drug-likeness (QED) is 0.419. The van der Waals surface area contributed by atoms with E-state index in [1.807, 2.05) is 24.3 Å². The van der Waals surface area contributed by atoms with Crippen LogP contribution in [0.2, 0.25) is 0 Å². The molecule has 0 aliphatic carbocycles. The average Bonchev–Trinajstić information content (AvgIpc) is 3.42. The number of amides is 1. The number of hydrogen-bond donors (Lipinski definition) is 0. The van der Waals surface area contributed by atoms with Crippen molar-refractivity contribution in [1.82, 2.24) is 15.0 Å². The summed E-state index contributed by atoms with van der Waals surface area (Å²) in [6.45, 7) is 3.37. The van der Waals surface area contributed by atoms with Crippen molar-refractivity contribution < 1.29 is 27.2 Å². The predicted octanol–water partition coefficient (Wildman–Crippen LogP) is 5.45. The molecule has 3 aromatic rings. The predicted molar refractivity (Wildman–Crippen MR) is 114 cm³/mol. The number of likely N-dealkylation sites (tertiary alicyclic amines) is 1. The third-order valence-corrected chi connectivity index (χ3v) is 5.54. The second-order valence-corrected chi connectivity index (χ2v) is 8.05. The number of unbranched alkanes of at least 4 members (excludes halogenated alkanes) is 1. The average molecular weight is 459 g/mol. The van der Waals surface area contributed by atoms with Crippen molar-refractivity contribution in [1.29, 1.82) is 0 Å². The molecule has 2 aromatic carbocycles. The van der Waals surface area contributed by atoms with Crippen LogP contribution >= 0.6 is 0 Å². The number of benzene rings is 2. The zero-order chi connectivity index (χ0) is 23.4. The van der Waals surface area contributed by atoms with Crippen LogP contribution in [0.15, 0.2) is 53.1 Å². The number of ether oxygens (including phenoxy) is 1. The molecule has 1 aromatic heterocycles. The second kappa shape index (κ2) is 9.64. The molecule has 1 saturated heterocycles. The van der Waals surface area contributed by atoms with Gasteiger partial charge in [0.15, 0.2) is 0 Å². The van der Waals surface area contributed by atoms with E-state index >= 15 is 0 Å². The SMILES string of the molecule is CCCCOc1ccc(-c2noc(C3CC(=O)N(Cc4ccc(C(F)(F)F)cc4)C3)n2)cc1. The molecule has 6 nitrogen and oxygen atoms in total. The van der Waals surface area contributed by atoms with Gasteiger partial charge in [0.05, 0.1) is 18.1 Å². The van der Waals surface area contributed by atoms with Gasteiger partial charge in [-0.3, -0.25) is 4.79 Å². The molecule has 1 fully saturated rings. The lowest BCUT2D eigenvalue weighted by molar-refractivity contribution is -0.137. The van der Waals surface area contributed by atoms with Crippen molar-refractivity contribution in [2.75, 3.05) is 13.2 Å². The summed E-state index contributed by atoms with van der Waals surface area (Å²) in [5.74, 6) is 1.21. The van der Waals surface area contributed by atoms with Crippen molar-refractivity contribution >= 4 is 5.91 Å². The van der Waals surface area contributed by atoms with Crippen molar-refractivity contribution in [3.8, 4) is 17.1 Å². The van der Waals surface area contributed by atoms with Crippen LogP contribution in [0.5, 0.6) is 5.75 Å². The van der Waals surface area contributed by atoms with E-state index in [0.29, 0.717) is 30.4 Å². The Balaban J connectivity index is 1.37. The number of alkyl halides is 3. The molecule has 0 N–H and O–H groups in total. The molecular weight excluding hydrogens is 435 g/mol. The van der Waals surface area contributed by atoms with Gasteiger partial charge in [-0.1, -0.05) is 30.6 Å². The Kier molecular flexibility index (Phi) is 6.67. The van der Waals surface area contributed by atoms with Crippen LogP contribution in [0, 0.1) is 0 Å². The van der Waals surface area contributed by atoms with Crippen molar-refractivity contribution in [2.45, 2.75) is 44.8 Å². The molecule has 0 radical (unpaired) electrons. The van der Waals surface area contributed by atoms with E-state index in [4.69, 9.17) is 9.26 Å². The maximum Gasteiger partial charge on any atom is 0.416 e. The van der Waals surface area contributed by atoms with Gasteiger partial charge in [0.2, 0.25) is 17.6 Å². The van der Waals surface area contributed by atoms with Gasteiger partial charge in [-0.15, -0.1) is 0 Å². The zero-order valence-electron chi connectivity index (χ0n) is 18.1. The summed E-state index contributed by atoms with van der Waals surface area (Å²) in [6, 6.07) is 12.3. The molecule has 0 bridgehead atoms. The Morgan fingerprint density at radius 2 is 1.85 bits per heavy atom. The highest BCUT2D eigenvalue weighted by Crippen LogP contribution is 2.32. The van der Waals surface area contributed by atoms with Gasteiger partial charge >= 0.3 is 6.18 Å². The monoisotopic (exact) mass is 459 g/mol. The maximum atomic E-state index is 12.7. The number of nitrogens with zero attached hydrogens (tertiary/aromatic N) is 3. The van der Waals surface area contributed by atoms with Crippen molar-refractivity contribution in [3.05, 3.63) is 65.5 Å². The highest BCUT2D eigenvalue weighted by molar-refractivity contribution is 5.79. The van der Waals surface area contributed by atoms with Gasteiger partial charge in [-0.05, 0) is 48.4 Å². The maximum absolute atomic E-state index is 12.7. The Morgan fingerprint density at radius 1 is 1.12 bits per heavy atom. The molecule has 1 unspecified atom stereocenters. The van der Waals surface area contributed by atoms with E-state index in [1.165, 1.54) is 12.1 Å². The van der Waals surface area contributed by atoms with E-state index in [2.05, 4.69) is 17.1 Å². The topological polar surface area (TPSA) is 68.5 Å². The van der Waals surface area contributed by atoms with Crippen LogP contribution < -0.4 is 4.74 Å². The van der Waals surface area contributed by atoms with E-state index in [0.717, 1.165) is 36.3 Å². The Labute approximate surface area is 189 Å². The van der Waals surface area contributed by atoms with E-state index < -0.39 is 11.7 Å². The van der Waals surface area contributed by atoms with Gasteiger partial charge in [-0.2, -0.15) is 18.2 Å². The summed E-state index contributed by atoms with van der Waals surface area (Å²) in [5.41, 5.74) is 0.694. The fourth-order valence-electron chi connectivity index (χ4n) is 3.66. The van der Waals surface area contributed by atoms with Crippen LogP contribution in [0.25, 0.3) is 11.4 Å². The summed E-state index contributed by atoms with van der Waals surface area (Å²) in [7, 11) is 0. The second-order valence-electron chi connectivity index (χ2n) is 8.05. The Morgan fingerprint density at radius 3 is 2.52 bits per heavy atom. The first-order chi connectivity index (χ1) is 15.8. The first-order valence-electron chi connectivity index (χ1n) is 10.8. The third-order valence-electron chi connectivity index (χ3n) is 5.54. The molecule has 0 saturated carbocycles. The number of hydrogen-bond acceptors (Lipinski definition) is 5. The number of rotatable bonds is 8. The summed E-state index contributed by atoms with van der Waals surface area (Å²) in [6.07, 6.45) is -2.11. The van der Waals surface area contributed by atoms with E-state index in [-0.39, 0.29) is 24.8 Å².